The Kier molecular flexibility index (Phi) is 4.30. The summed E-state index contributed by atoms with van der Waals surface area (Å²) < 4.78 is 5.29. The molecule has 1 N–H and O–H groups in total. The summed E-state index contributed by atoms with van der Waals surface area (Å²) in [6.45, 7) is 2.21. The number of unbranched alkanes of at least 4 members (excludes halogenated alkanes) is 1. The van der Waals surface area contributed by atoms with E-state index in [4.69, 9.17) is 4.74 Å². The van der Waals surface area contributed by atoms with Crippen molar-refractivity contribution in [1.82, 2.24) is 0 Å². The van der Waals surface area contributed by atoms with Crippen LogP contribution in [0.1, 0.15) is 25.3 Å². The van der Waals surface area contributed by atoms with Crippen molar-refractivity contribution in [3.05, 3.63) is 23.8 Å². The van der Waals surface area contributed by atoms with Crippen molar-refractivity contribution in [2.24, 2.45) is 0 Å². The van der Waals surface area contributed by atoms with Gasteiger partial charge in [-0.1, -0.05) is 19.4 Å². The predicted octanol–water partition coefficient (Wildman–Crippen LogP) is 3.08. The molecule has 0 aromatic heterocycles. The van der Waals surface area contributed by atoms with Crippen LogP contribution in [0.15, 0.2) is 18.2 Å². The third-order valence-electron chi connectivity index (χ3n) is 2.35. The minimum Gasteiger partial charge on any atom is -0.495 e. The number of anilines is 1. The molecule has 1 aromatic carbocycles. The van der Waals surface area contributed by atoms with Crippen LogP contribution in [0.3, 0.4) is 0 Å². The van der Waals surface area contributed by atoms with Crippen molar-refractivity contribution in [2.45, 2.75) is 26.2 Å². The molecule has 0 bridgehead atoms. The van der Waals surface area contributed by atoms with Crippen molar-refractivity contribution >= 4 is 5.69 Å². The third kappa shape index (κ3) is 2.66. The maximum absolute atomic E-state index is 5.29. The fourth-order valence-corrected chi connectivity index (χ4v) is 1.48. The lowest BCUT2D eigenvalue weighted by Gasteiger charge is -2.09. The van der Waals surface area contributed by atoms with Gasteiger partial charge in [0.25, 0.3) is 0 Å². The number of aryl methyl sites for hydroxylation is 1. The van der Waals surface area contributed by atoms with Crippen molar-refractivity contribution in [3.63, 3.8) is 0 Å². The Labute approximate surface area is 86.3 Å². The van der Waals surface area contributed by atoms with Crippen LogP contribution in [0, 0.1) is 0 Å². The highest BCUT2D eigenvalue weighted by atomic mass is 16.5. The second kappa shape index (κ2) is 5.53. The molecular formula is C12H19NO. The van der Waals surface area contributed by atoms with E-state index in [1.54, 1.807) is 7.11 Å². The lowest BCUT2D eigenvalue weighted by Crippen LogP contribution is -1.95. The van der Waals surface area contributed by atoms with Gasteiger partial charge in [-0.15, -0.1) is 0 Å². The molecule has 0 fully saturated rings. The maximum atomic E-state index is 5.29. The average molecular weight is 193 g/mol. The topological polar surface area (TPSA) is 21.3 Å². The summed E-state index contributed by atoms with van der Waals surface area (Å²) in [6, 6.07) is 6.34. The van der Waals surface area contributed by atoms with Crippen molar-refractivity contribution in [2.75, 3.05) is 19.5 Å². The van der Waals surface area contributed by atoms with Gasteiger partial charge >= 0.3 is 0 Å². The number of methoxy groups -OCH3 is 1. The molecule has 2 heteroatoms. The van der Waals surface area contributed by atoms with E-state index in [0.29, 0.717) is 0 Å². The molecule has 0 unspecified atom stereocenters. The first kappa shape index (κ1) is 10.9. The van der Waals surface area contributed by atoms with Gasteiger partial charge < -0.3 is 10.1 Å². The molecule has 0 saturated carbocycles. The highest BCUT2D eigenvalue weighted by Crippen LogP contribution is 2.25. The van der Waals surface area contributed by atoms with Gasteiger partial charge in [-0.25, -0.2) is 0 Å². The lowest BCUT2D eigenvalue weighted by atomic mass is 10.1. The zero-order chi connectivity index (χ0) is 10.4. The largest absolute Gasteiger partial charge is 0.495 e. The number of hydrogen-bond donors (Lipinski definition) is 1. The summed E-state index contributed by atoms with van der Waals surface area (Å²) in [5.74, 6) is 0.932. The number of nitrogens with one attached hydrogen (secondary N) is 1. The summed E-state index contributed by atoms with van der Waals surface area (Å²) in [5.41, 5.74) is 2.40. The number of rotatable bonds is 5. The summed E-state index contributed by atoms with van der Waals surface area (Å²) in [5, 5.41) is 3.10. The fourth-order valence-electron chi connectivity index (χ4n) is 1.48. The predicted molar refractivity (Wildman–Crippen MR) is 61.2 cm³/mol. The van der Waals surface area contributed by atoms with Gasteiger partial charge in [0.15, 0.2) is 0 Å². The van der Waals surface area contributed by atoms with E-state index in [-0.39, 0.29) is 0 Å². The molecule has 0 amide bonds. The number of ether oxygens (including phenoxy) is 1. The minimum atomic E-state index is 0.932. The van der Waals surface area contributed by atoms with Crippen LogP contribution in [0.5, 0.6) is 5.75 Å². The zero-order valence-corrected chi connectivity index (χ0v) is 9.26. The Bertz CT molecular complexity index is 284. The van der Waals surface area contributed by atoms with Gasteiger partial charge in [0.2, 0.25) is 0 Å². The minimum absolute atomic E-state index is 0.932. The smallest absolute Gasteiger partial charge is 0.142 e. The number of benzene rings is 1. The van der Waals surface area contributed by atoms with Crippen molar-refractivity contribution < 1.29 is 4.74 Å². The lowest BCUT2D eigenvalue weighted by molar-refractivity contribution is 0.416. The fraction of sp³-hybridized carbons (Fsp3) is 0.500. The second-order valence-corrected chi connectivity index (χ2v) is 3.39. The molecule has 0 atom stereocenters. The highest BCUT2D eigenvalue weighted by Gasteiger charge is 2.01. The SMILES string of the molecule is CCCCc1ccc(NC)c(OC)c1. The molecule has 0 aliphatic heterocycles. The van der Waals surface area contributed by atoms with E-state index in [2.05, 4.69) is 30.4 Å². The monoisotopic (exact) mass is 193 g/mol. The Morgan fingerprint density at radius 2 is 2.14 bits per heavy atom. The molecular weight excluding hydrogens is 174 g/mol. The Hall–Kier alpha value is -1.18. The van der Waals surface area contributed by atoms with Gasteiger partial charge in [0.1, 0.15) is 5.75 Å². The Morgan fingerprint density at radius 3 is 2.71 bits per heavy atom. The second-order valence-electron chi connectivity index (χ2n) is 3.39. The molecule has 0 saturated heterocycles. The van der Waals surface area contributed by atoms with E-state index in [1.165, 1.54) is 18.4 Å². The van der Waals surface area contributed by atoms with Crippen LogP contribution < -0.4 is 10.1 Å². The van der Waals surface area contributed by atoms with Crippen molar-refractivity contribution in [3.8, 4) is 5.75 Å². The van der Waals surface area contributed by atoms with E-state index < -0.39 is 0 Å². The highest BCUT2D eigenvalue weighted by molar-refractivity contribution is 5.57. The van der Waals surface area contributed by atoms with E-state index in [1.807, 2.05) is 7.05 Å². The molecule has 0 aliphatic carbocycles. The zero-order valence-electron chi connectivity index (χ0n) is 9.26. The first-order valence-electron chi connectivity index (χ1n) is 5.16. The van der Waals surface area contributed by atoms with Gasteiger partial charge in [0, 0.05) is 7.05 Å². The molecule has 78 valence electrons. The molecule has 1 aromatic rings. The molecule has 0 aliphatic rings. The van der Waals surface area contributed by atoms with E-state index in [9.17, 15) is 0 Å². The van der Waals surface area contributed by atoms with Crippen LogP contribution >= 0.6 is 0 Å². The molecule has 0 heterocycles. The molecule has 14 heavy (non-hydrogen) atoms. The molecule has 0 spiro atoms. The van der Waals surface area contributed by atoms with E-state index in [0.717, 1.165) is 17.9 Å². The first-order valence-corrected chi connectivity index (χ1v) is 5.16. The summed E-state index contributed by atoms with van der Waals surface area (Å²) in [6.07, 6.45) is 3.61. The molecule has 0 radical (unpaired) electrons. The maximum Gasteiger partial charge on any atom is 0.142 e. The Morgan fingerprint density at radius 1 is 1.36 bits per heavy atom. The van der Waals surface area contributed by atoms with Crippen molar-refractivity contribution in [1.29, 1.82) is 0 Å². The molecule has 2 nitrogen and oxygen atoms in total. The summed E-state index contributed by atoms with van der Waals surface area (Å²) in [7, 11) is 3.61. The summed E-state index contributed by atoms with van der Waals surface area (Å²) >= 11 is 0. The van der Waals surface area contributed by atoms with Crippen LogP contribution in [0.4, 0.5) is 5.69 Å². The standard InChI is InChI=1S/C12H19NO/c1-4-5-6-10-7-8-11(13-2)12(9-10)14-3/h7-9,13H,4-6H2,1-3H3. The van der Waals surface area contributed by atoms with Gasteiger partial charge in [-0.05, 0) is 30.5 Å². The average Bonchev–Trinajstić information content (AvgIpc) is 2.25. The van der Waals surface area contributed by atoms with Crippen LogP contribution in [0.25, 0.3) is 0 Å². The third-order valence-corrected chi connectivity index (χ3v) is 2.35. The van der Waals surface area contributed by atoms with Gasteiger partial charge in [-0.3, -0.25) is 0 Å². The normalized spacial score (nSPS) is 9.93. The van der Waals surface area contributed by atoms with Gasteiger partial charge in [-0.2, -0.15) is 0 Å². The first-order chi connectivity index (χ1) is 6.81. The quantitative estimate of drug-likeness (QED) is 0.776. The summed E-state index contributed by atoms with van der Waals surface area (Å²) in [4.78, 5) is 0. The Balaban J connectivity index is 2.79. The molecule has 1 rings (SSSR count). The number of hydrogen-bond acceptors (Lipinski definition) is 2. The van der Waals surface area contributed by atoms with Crippen LogP contribution in [-0.4, -0.2) is 14.2 Å². The van der Waals surface area contributed by atoms with Gasteiger partial charge in [0.05, 0.1) is 12.8 Å². The van der Waals surface area contributed by atoms with Crippen LogP contribution in [0.2, 0.25) is 0 Å². The van der Waals surface area contributed by atoms with Crippen LogP contribution in [-0.2, 0) is 6.42 Å². The van der Waals surface area contributed by atoms with E-state index >= 15 is 0 Å².